The minimum Gasteiger partial charge on any atom is -0.335 e. The molecule has 2 aliphatic carbocycles. The van der Waals surface area contributed by atoms with Crippen molar-refractivity contribution in [3.63, 3.8) is 0 Å². The molecule has 3 nitrogen and oxygen atoms in total. The van der Waals surface area contributed by atoms with Crippen molar-refractivity contribution in [1.82, 2.24) is 4.90 Å². The van der Waals surface area contributed by atoms with Crippen LogP contribution in [0.4, 0.5) is 4.39 Å². The molecular weight excluding hydrogens is 279 g/mol. The van der Waals surface area contributed by atoms with E-state index in [4.69, 9.17) is 5.73 Å². The van der Waals surface area contributed by atoms with E-state index >= 15 is 0 Å². The SMILES string of the molecule is NC1CCCCC1CC(=O)N(Cc1cccc(F)c1)C1CC1. The van der Waals surface area contributed by atoms with Gasteiger partial charge in [-0.25, -0.2) is 4.39 Å². The zero-order chi connectivity index (χ0) is 15.5. The van der Waals surface area contributed by atoms with E-state index in [1.54, 1.807) is 6.07 Å². The molecule has 1 aromatic carbocycles. The lowest BCUT2D eigenvalue weighted by molar-refractivity contribution is -0.133. The van der Waals surface area contributed by atoms with Crippen molar-refractivity contribution >= 4 is 5.91 Å². The molecule has 0 saturated heterocycles. The second kappa shape index (κ2) is 6.78. The molecule has 120 valence electrons. The van der Waals surface area contributed by atoms with Crippen molar-refractivity contribution in [2.75, 3.05) is 0 Å². The number of carbonyl (C=O) groups is 1. The number of carbonyl (C=O) groups excluding carboxylic acids is 1. The van der Waals surface area contributed by atoms with Gasteiger partial charge in [0.05, 0.1) is 0 Å². The highest BCUT2D eigenvalue weighted by atomic mass is 19.1. The lowest BCUT2D eigenvalue weighted by Gasteiger charge is -2.31. The Morgan fingerprint density at radius 2 is 2.00 bits per heavy atom. The van der Waals surface area contributed by atoms with Gasteiger partial charge in [0.25, 0.3) is 0 Å². The number of amides is 1. The maximum Gasteiger partial charge on any atom is 0.223 e. The normalized spacial score (nSPS) is 25.0. The molecule has 1 amide bonds. The topological polar surface area (TPSA) is 46.3 Å². The van der Waals surface area contributed by atoms with Gasteiger partial charge in [0.2, 0.25) is 5.91 Å². The van der Waals surface area contributed by atoms with Crippen LogP contribution >= 0.6 is 0 Å². The van der Waals surface area contributed by atoms with E-state index in [-0.39, 0.29) is 17.8 Å². The van der Waals surface area contributed by atoms with E-state index in [2.05, 4.69) is 0 Å². The Morgan fingerprint density at radius 3 is 2.68 bits per heavy atom. The smallest absolute Gasteiger partial charge is 0.223 e. The minimum atomic E-state index is -0.241. The van der Waals surface area contributed by atoms with Crippen LogP contribution in [0, 0.1) is 11.7 Å². The third-order valence-electron chi connectivity index (χ3n) is 4.95. The van der Waals surface area contributed by atoms with E-state index in [0.29, 0.717) is 24.9 Å². The molecule has 0 heterocycles. The van der Waals surface area contributed by atoms with Crippen LogP contribution in [-0.4, -0.2) is 22.9 Å². The molecule has 0 spiro atoms. The molecule has 3 rings (SSSR count). The van der Waals surface area contributed by atoms with Gasteiger partial charge in [0.15, 0.2) is 0 Å². The average Bonchev–Trinajstić information content (AvgIpc) is 3.32. The predicted molar refractivity (Wildman–Crippen MR) is 84.5 cm³/mol. The maximum atomic E-state index is 13.3. The van der Waals surface area contributed by atoms with Crippen molar-refractivity contribution in [2.45, 2.75) is 63.6 Å². The maximum absolute atomic E-state index is 13.3. The zero-order valence-corrected chi connectivity index (χ0v) is 13.0. The first-order valence-corrected chi connectivity index (χ1v) is 8.43. The fraction of sp³-hybridized carbons (Fsp3) is 0.611. The lowest BCUT2D eigenvalue weighted by Crippen LogP contribution is -2.39. The van der Waals surface area contributed by atoms with Crippen molar-refractivity contribution < 1.29 is 9.18 Å². The summed E-state index contributed by atoms with van der Waals surface area (Å²) in [5.74, 6) is 0.263. The molecule has 0 radical (unpaired) electrons. The number of rotatable bonds is 5. The summed E-state index contributed by atoms with van der Waals surface area (Å²) in [6, 6.07) is 7.06. The van der Waals surface area contributed by atoms with E-state index in [1.165, 1.54) is 25.0 Å². The van der Waals surface area contributed by atoms with Crippen molar-refractivity contribution in [1.29, 1.82) is 0 Å². The van der Waals surface area contributed by atoms with Gasteiger partial charge in [-0.2, -0.15) is 0 Å². The summed E-state index contributed by atoms with van der Waals surface area (Å²) in [4.78, 5) is 14.6. The van der Waals surface area contributed by atoms with E-state index in [9.17, 15) is 9.18 Å². The third kappa shape index (κ3) is 3.86. The highest BCUT2D eigenvalue weighted by molar-refractivity contribution is 5.77. The van der Waals surface area contributed by atoms with Crippen molar-refractivity contribution in [3.8, 4) is 0 Å². The Hall–Kier alpha value is -1.42. The van der Waals surface area contributed by atoms with Crippen LogP contribution in [0.15, 0.2) is 24.3 Å². The Bertz CT molecular complexity index is 530. The van der Waals surface area contributed by atoms with Crippen LogP contribution in [0.2, 0.25) is 0 Å². The predicted octanol–water partition coefficient (Wildman–Crippen LogP) is 3.22. The largest absolute Gasteiger partial charge is 0.335 e. The average molecular weight is 304 g/mol. The Balaban J connectivity index is 1.64. The van der Waals surface area contributed by atoms with Gasteiger partial charge in [-0.15, -0.1) is 0 Å². The van der Waals surface area contributed by atoms with Gasteiger partial charge < -0.3 is 10.6 Å². The van der Waals surface area contributed by atoms with E-state index < -0.39 is 0 Å². The molecule has 22 heavy (non-hydrogen) atoms. The first-order chi connectivity index (χ1) is 10.6. The fourth-order valence-electron chi connectivity index (χ4n) is 3.47. The van der Waals surface area contributed by atoms with Gasteiger partial charge in [-0.05, 0) is 49.3 Å². The molecule has 0 aromatic heterocycles. The molecule has 2 aliphatic rings. The highest BCUT2D eigenvalue weighted by Gasteiger charge is 2.34. The fourth-order valence-corrected chi connectivity index (χ4v) is 3.47. The van der Waals surface area contributed by atoms with Crippen LogP contribution < -0.4 is 5.73 Å². The van der Waals surface area contributed by atoms with Gasteiger partial charge in [0.1, 0.15) is 5.82 Å². The van der Waals surface area contributed by atoms with Crippen LogP contribution in [0.3, 0.4) is 0 Å². The molecule has 2 N–H and O–H groups in total. The standard InChI is InChI=1S/C18H25FN2O/c19-15-6-3-4-13(10-15)12-21(16-8-9-16)18(22)11-14-5-1-2-7-17(14)20/h3-4,6,10,14,16-17H,1-2,5,7-9,11-12,20H2. The van der Waals surface area contributed by atoms with Crippen LogP contribution in [0.1, 0.15) is 50.5 Å². The summed E-state index contributed by atoms with van der Waals surface area (Å²) in [7, 11) is 0. The zero-order valence-electron chi connectivity index (χ0n) is 13.0. The molecule has 2 saturated carbocycles. The van der Waals surface area contributed by atoms with E-state index in [1.807, 2.05) is 11.0 Å². The Kier molecular flexibility index (Phi) is 4.77. The summed E-state index contributed by atoms with van der Waals surface area (Å²) in [5, 5.41) is 0. The van der Waals surface area contributed by atoms with E-state index in [0.717, 1.165) is 31.2 Å². The number of halogens is 1. The monoisotopic (exact) mass is 304 g/mol. The van der Waals surface area contributed by atoms with Crippen molar-refractivity contribution in [2.24, 2.45) is 11.7 Å². The highest BCUT2D eigenvalue weighted by Crippen LogP contribution is 2.32. The second-order valence-corrected chi connectivity index (χ2v) is 6.80. The molecule has 2 atom stereocenters. The number of nitrogens with two attached hydrogens (primary N) is 1. The van der Waals surface area contributed by atoms with Gasteiger partial charge >= 0.3 is 0 Å². The first-order valence-electron chi connectivity index (χ1n) is 8.43. The summed E-state index contributed by atoms with van der Waals surface area (Å²) in [6.45, 7) is 0.517. The summed E-state index contributed by atoms with van der Waals surface area (Å²) >= 11 is 0. The molecule has 0 aliphatic heterocycles. The van der Waals surface area contributed by atoms with Crippen LogP contribution in [-0.2, 0) is 11.3 Å². The summed E-state index contributed by atoms with van der Waals surface area (Å²) < 4.78 is 13.3. The van der Waals surface area contributed by atoms with Gasteiger partial charge in [0, 0.05) is 25.0 Å². The second-order valence-electron chi connectivity index (χ2n) is 6.80. The summed E-state index contributed by atoms with van der Waals surface area (Å²) in [5.41, 5.74) is 7.04. The molecule has 1 aromatic rings. The number of hydrogen-bond donors (Lipinski definition) is 1. The molecular formula is C18H25FN2O. The Labute approximate surface area is 131 Å². The molecule has 2 unspecified atom stereocenters. The minimum absolute atomic E-state index is 0.160. The van der Waals surface area contributed by atoms with Crippen LogP contribution in [0.25, 0.3) is 0 Å². The number of hydrogen-bond acceptors (Lipinski definition) is 2. The number of nitrogens with zero attached hydrogens (tertiary/aromatic N) is 1. The van der Waals surface area contributed by atoms with Gasteiger partial charge in [-0.1, -0.05) is 25.0 Å². The van der Waals surface area contributed by atoms with Crippen LogP contribution in [0.5, 0.6) is 0 Å². The van der Waals surface area contributed by atoms with Gasteiger partial charge in [-0.3, -0.25) is 4.79 Å². The third-order valence-corrected chi connectivity index (χ3v) is 4.95. The molecule has 2 fully saturated rings. The first kappa shape index (κ1) is 15.5. The molecule has 0 bridgehead atoms. The number of benzene rings is 1. The van der Waals surface area contributed by atoms with Crippen molar-refractivity contribution in [3.05, 3.63) is 35.6 Å². The Morgan fingerprint density at radius 1 is 1.23 bits per heavy atom. The quantitative estimate of drug-likeness (QED) is 0.908. The molecule has 4 heteroatoms. The summed E-state index contributed by atoms with van der Waals surface area (Å²) in [6.07, 6.45) is 7.14. The lowest BCUT2D eigenvalue weighted by atomic mass is 9.82.